The third-order valence-electron chi connectivity index (χ3n) is 5.27. The van der Waals surface area contributed by atoms with Gasteiger partial charge in [0.15, 0.2) is 0 Å². The Kier molecular flexibility index (Phi) is 7.17. The van der Waals surface area contributed by atoms with Crippen LogP contribution in [0.1, 0.15) is 24.5 Å². The Labute approximate surface area is 173 Å². The zero-order valence-electron chi connectivity index (χ0n) is 16.7. The average molecular weight is 425 g/mol. The lowest BCUT2D eigenvalue weighted by molar-refractivity contribution is -0.137. The molecule has 1 fully saturated rings. The second-order valence-corrected chi connectivity index (χ2v) is 7.19. The van der Waals surface area contributed by atoms with Crippen molar-refractivity contribution in [2.75, 3.05) is 31.1 Å². The number of alkyl halides is 3. The van der Waals surface area contributed by atoms with Crippen molar-refractivity contribution in [2.24, 2.45) is 0 Å². The number of hydrogen-bond donors (Lipinski definition) is 2. The number of aromatic nitrogens is 1. The lowest BCUT2D eigenvalue weighted by atomic mass is 10.1. The third kappa shape index (κ3) is 5.21. The molecule has 0 spiro atoms. The van der Waals surface area contributed by atoms with E-state index in [4.69, 9.17) is 9.84 Å². The number of hydrogen-bond acceptors (Lipinski definition) is 6. The monoisotopic (exact) mass is 425 g/mol. The van der Waals surface area contributed by atoms with Gasteiger partial charge in [0.2, 0.25) is 0 Å². The Morgan fingerprint density at radius 1 is 1.27 bits per heavy atom. The van der Waals surface area contributed by atoms with Gasteiger partial charge in [0.1, 0.15) is 24.4 Å². The first-order valence-electron chi connectivity index (χ1n) is 9.87. The summed E-state index contributed by atoms with van der Waals surface area (Å²) in [6.07, 6.45) is -3.37. The molecule has 1 aliphatic rings. The number of aliphatic hydroxyl groups excluding tert-OH is 2. The first kappa shape index (κ1) is 22.3. The highest BCUT2D eigenvalue weighted by molar-refractivity contribution is 5.49. The number of pyridine rings is 1. The van der Waals surface area contributed by atoms with E-state index in [2.05, 4.69) is 4.98 Å². The van der Waals surface area contributed by atoms with E-state index < -0.39 is 18.0 Å². The summed E-state index contributed by atoms with van der Waals surface area (Å²) in [5.41, 5.74) is 0.0122. The number of nitrogens with zero attached hydrogens (tertiary/aromatic N) is 3. The summed E-state index contributed by atoms with van der Waals surface area (Å²) in [6.45, 7) is 3.11. The fourth-order valence-electron chi connectivity index (χ4n) is 3.69. The van der Waals surface area contributed by atoms with Gasteiger partial charge < -0.3 is 19.8 Å². The first-order chi connectivity index (χ1) is 14.3. The molecule has 164 valence electrons. The molecule has 1 aliphatic heterocycles. The average Bonchev–Trinajstić information content (AvgIpc) is 3.22. The lowest BCUT2D eigenvalue weighted by Crippen LogP contribution is -2.43. The van der Waals surface area contributed by atoms with Crippen LogP contribution in [-0.2, 0) is 12.8 Å². The zero-order valence-corrected chi connectivity index (χ0v) is 16.7. The molecule has 2 aromatic rings. The summed E-state index contributed by atoms with van der Waals surface area (Å²) >= 11 is 0. The van der Waals surface area contributed by atoms with Crippen molar-refractivity contribution in [3.05, 3.63) is 53.7 Å². The van der Waals surface area contributed by atoms with Crippen molar-refractivity contribution in [1.29, 1.82) is 0 Å². The number of benzene rings is 1. The van der Waals surface area contributed by atoms with Crippen molar-refractivity contribution in [1.82, 2.24) is 9.88 Å². The van der Waals surface area contributed by atoms with Crippen LogP contribution in [0.3, 0.4) is 0 Å². The summed E-state index contributed by atoms with van der Waals surface area (Å²) in [5.74, 6) is 0.495. The fourth-order valence-corrected chi connectivity index (χ4v) is 3.69. The van der Waals surface area contributed by atoms with Crippen LogP contribution in [-0.4, -0.2) is 58.6 Å². The van der Waals surface area contributed by atoms with Crippen LogP contribution in [0.25, 0.3) is 0 Å². The van der Waals surface area contributed by atoms with Gasteiger partial charge in [-0.05, 0) is 43.2 Å². The Morgan fingerprint density at radius 2 is 2.00 bits per heavy atom. The molecule has 1 aromatic heterocycles. The van der Waals surface area contributed by atoms with Gasteiger partial charge in [-0.15, -0.1) is 0 Å². The van der Waals surface area contributed by atoms with Crippen LogP contribution in [0.4, 0.5) is 19.0 Å². The standard InChI is InChI=1S/C21H26F3N3O3/c1-2-27(20-18(21(22,23)24)4-3-10-25-20)16-9-11-26(12-16)19(29)14-30-17-7-5-15(13-28)6-8-17/h3-8,10,16,19,28-29H,2,9,11-14H2,1H3. The van der Waals surface area contributed by atoms with Crippen LogP contribution >= 0.6 is 0 Å². The molecule has 0 bridgehead atoms. The Balaban J connectivity index is 1.62. The van der Waals surface area contributed by atoms with Gasteiger partial charge in [-0.25, -0.2) is 4.98 Å². The molecule has 1 saturated heterocycles. The van der Waals surface area contributed by atoms with Gasteiger partial charge in [0, 0.05) is 31.9 Å². The summed E-state index contributed by atoms with van der Waals surface area (Å²) in [5, 5.41) is 19.6. The fraction of sp³-hybridized carbons (Fsp3) is 0.476. The van der Waals surface area contributed by atoms with Crippen molar-refractivity contribution in [3.8, 4) is 5.75 Å². The molecule has 30 heavy (non-hydrogen) atoms. The second kappa shape index (κ2) is 9.63. The number of rotatable bonds is 8. The van der Waals surface area contributed by atoms with E-state index in [0.29, 0.717) is 31.8 Å². The maximum atomic E-state index is 13.4. The molecule has 2 unspecified atom stereocenters. The van der Waals surface area contributed by atoms with Crippen molar-refractivity contribution >= 4 is 5.82 Å². The number of likely N-dealkylation sites (N-methyl/N-ethyl adjacent to an activating group) is 1. The normalized spacial score (nSPS) is 18.4. The van der Waals surface area contributed by atoms with E-state index in [9.17, 15) is 18.3 Å². The minimum Gasteiger partial charge on any atom is -0.489 e. The summed E-state index contributed by atoms with van der Waals surface area (Å²) in [6, 6.07) is 9.03. The van der Waals surface area contributed by atoms with Crippen LogP contribution < -0.4 is 9.64 Å². The van der Waals surface area contributed by atoms with E-state index >= 15 is 0 Å². The highest BCUT2D eigenvalue weighted by atomic mass is 19.4. The Hall–Kier alpha value is -2.36. The molecule has 0 radical (unpaired) electrons. The second-order valence-electron chi connectivity index (χ2n) is 7.19. The minimum absolute atomic E-state index is 0.0364. The molecule has 2 N–H and O–H groups in total. The molecule has 9 heteroatoms. The van der Waals surface area contributed by atoms with Gasteiger partial charge in [-0.1, -0.05) is 12.1 Å². The maximum Gasteiger partial charge on any atom is 0.419 e. The first-order valence-corrected chi connectivity index (χ1v) is 9.87. The number of halogens is 3. The largest absolute Gasteiger partial charge is 0.489 e. The van der Waals surface area contributed by atoms with Gasteiger partial charge in [0.05, 0.1) is 12.2 Å². The maximum absolute atomic E-state index is 13.4. The smallest absolute Gasteiger partial charge is 0.419 e. The van der Waals surface area contributed by atoms with Gasteiger partial charge in [-0.2, -0.15) is 13.2 Å². The highest BCUT2D eigenvalue weighted by Gasteiger charge is 2.38. The molecular formula is C21H26F3N3O3. The molecule has 0 saturated carbocycles. The molecule has 0 aliphatic carbocycles. The summed E-state index contributed by atoms with van der Waals surface area (Å²) in [4.78, 5) is 7.46. The minimum atomic E-state index is -4.48. The molecule has 1 aromatic carbocycles. The number of ether oxygens (including phenoxy) is 1. The van der Waals surface area contributed by atoms with Gasteiger partial charge >= 0.3 is 6.18 Å². The molecule has 2 atom stereocenters. The topological polar surface area (TPSA) is 69.1 Å². The number of anilines is 1. The molecule has 3 rings (SSSR count). The molecule has 2 heterocycles. The van der Waals surface area contributed by atoms with Crippen molar-refractivity contribution < 1.29 is 28.1 Å². The Bertz CT molecular complexity index is 817. The summed E-state index contributed by atoms with van der Waals surface area (Å²) in [7, 11) is 0. The van der Waals surface area contributed by atoms with Crippen molar-refractivity contribution in [3.63, 3.8) is 0 Å². The van der Waals surface area contributed by atoms with E-state index in [1.165, 1.54) is 12.3 Å². The summed E-state index contributed by atoms with van der Waals surface area (Å²) < 4.78 is 45.8. The SMILES string of the molecule is CCN(c1ncccc1C(F)(F)F)C1CCN(C(O)COc2ccc(CO)cc2)C1. The molecule has 0 amide bonds. The zero-order chi connectivity index (χ0) is 21.7. The predicted octanol–water partition coefficient (Wildman–Crippen LogP) is 2.89. The highest BCUT2D eigenvalue weighted by Crippen LogP contribution is 2.36. The van der Waals surface area contributed by atoms with Crippen LogP contribution in [0.15, 0.2) is 42.6 Å². The van der Waals surface area contributed by atoms with Crippen molar-refractivity contribution in [2.45, 2.75) is 38.4 Å². The lowest BCUT2D eigenvalue weighted by Gasteiger charge is -2.31. The van der Waals surface area contributed by atoms with E-state index in [1.54, 1.807) is 41.0 Å². The van der Waals surface area contributed by atoms with Crippen LogP contribution in [0, 0.1) is 0 Å². The van der Waals surface area contributed by atoms with E-state index in [1.807, 2.05) is 0 Å². The quantitative estimate of drug-likeness (QED) is 0.678. The predicted molar refractivity (Wildman–Crippen MR) is 106 cm³/mol. The van der Waals surface area contributed by atoms with Gasteiger partial charge in [-0.3, -0.25) is 4.90 Å². The number of aliphatic hydroxyl groups is 2. The van der Waals surface area contributed by atoms with Crippen LogP contribution in [0.2, 0.25) is 0 Å². The van der Waals surface area contributed by atoms with Gasteiger partial charge in [0.25, 0.3) is 0 Å². The van der Waals surface area contributed by atoms with Crippen LogP contribution in [0.5, 0.6) is 5.75 Å². The van der Waals surface area contributed by atoms with E-state index in [0.717, 1.165) is 11.6 Å². The molecule has 6 nitrogen and oxygen atoms in total. The molecular weight excluding hydrogens is 399 g/mol. The van der Waals surface area contributed by atoms with E-state index in [-0.39, 0.29) is 25.1 Å². The third-order valence-corrected chi connectivity index (χ3v) is 5.27. The number of likely N-dealkylation sites (tertiary alicyclic amines) is 1. The Morgan fingerprint density at radius 3 is 2.63 bits per heavy atom.